The number of rotatable bonds is 8. The number of aliphatic hydroxyl groups excluding tert-OH is 2. The molecule has 0 aliphatic carbocycles. The molecule has 0 saturated carbocycles. The van der Waals surface area contributed by atoms with Gasteiger partial charge >= 0.3 is 0 Å². The van der Waals surface area contributed by atoms with Gasteiger partial charge in [0.05, 0.1) is 24.1 Å². The minimum absolute atomic E-state index is 0.305. The van der Waals surface area contributed by atoms with E-state index in [2.05, 4.69) is 15.3 Å². The summed E-state index contributed by atoms with van der Waals surface area (Å²) in [5.74, 6) is 0.763. The fraction of sp³-hybridized carbons (Fsp3) is 0.364. The summed E-state index contributed by atoms with van der Waals surface area (Å²) in [6.45, 7) is 1.18. The van der Waals surface area contributed by atoms with Crippen LogP contribution >= 0.6 is 11.8 Å². The van der Waals surface area contributed by atoms with Crippen molar-refractivity contribution in [2.75, 3.05) is 30.9 Å². The number of pyridine rings is 1. The molecule has 31 heavy (non-hydrogen) atoms. The van der Waals surface area contributed by atoms with E-state index in [9.17, 15) is 9.50 Å². The van der Waals surface area contributed by atoms with Crippen LogP contribution in [0.2, 0.25) is 0 Å². The number of ether oxygens (including phenoxy) is 1. The predicted octanol–water partition coefficient (Wildman–Crippen LogP) is 3.31. The predicted molar refractivity (Wildman–Crippen MR) is 118 cm³/mol. The highest BCUT2D eigenvalue weighted by atomic mass is 32.2. The highest BCUT2D eigenvalue weighted by Gasteiger charge is 2.18. The Morgan fingerprint density at radius 3 is 2.71 bits per heavy atom. The lowest BCUT2D eigenvalue weighted by Gasteiger charge is -2.23. The van der Waals surface area contributed by atoms with Crippen molar-refractivity contribution in [1.29, 1.82) is 0 Å². The number of nitrogens with one attached hydrogen (secondary N) is 2. The summed E-state index contributed by atoms with van der Waals surface area (Å²) in [5, 5.41) is 22.8. The quantitative estimate of drug-likeness (QED) is 0.395. The number of thioether (sulfide) groups is 1. The summed E-state index contributed by atoms with van der Waals surface area (Å²) >= 11 is 1.32. The van der Waals surface area contributed by atoms with Gasteiger partial charge in [0.2, 0.25) is 0 Å². The third kappa shape index (κ3) is 5.62. The summed E-state index contributed by atoms with van der Waals surface area (Å²) < 4.78 is 18.9. The van der Waals surface area contributed by atoms with E-state index in [0.29, 0.717) is 22.6 Å². The summed E-state index contributed by atoms with van der Waals surface area (Å²) in [4.78, 5) is 12.4. The Morgan fingerprint density at radius 1 is 1.19 bits per heavy atom. The van der Waals surface area contributed by atoms with Gasteiger partial charge in [0.1, 0.15) is 11.6 Å². The molecule has 0 bridgehead atoms. The molecule has 1 atom stereocenters. The van der Waals surface area contributed by atoms with Crippen molar-refractivity contribution in [1.82, 2.24) is 15.0 Å². The van der Waals surface area contributed by atoms with Crippen LogP contribution in [0.15, 0.2) is 47.8 Å². The molecular weight excluding hydrogens is 419 g/mol. The van der Waals surface area contributed by atoms with Gasteiger partial charge in [-0.3, -0.25) is 0 Å². The van der Waals surface area contributed by atoms with Crippen LogP contribution in [0.3, 0.4) is 0 Å². The second kappa shape index (κ2) is 10.2. The maximum atomic E-state index is 13.4. The van der Waals surface area contributed by atoms with Gasteiger partial charge in [-0.15, -0.1) is 0 Å². The summed E-state index contributed by atoms with van der Waals surface area (Å²) in [5.41, 5.74) is 3.14. The minimum atomic E-state index is -0.830. The lowest BCUT2D eigenvalue weighted by molar-refractivity contribution is 0.0904. The Morgan fingerprint density at radius 2 is 1.97 bits per heavy atom. The summed E-state index contributed by atoms with van der Waals surface area (Å²) in [7, 11) is 0. The van der Waals surface area contributed by atoms with E-state index in [-0.39, 0.29) is 12.4 Å². The fourth-order valence-electron chi connectivity index (χ4n) is 3.39. The van der Waals surface area contributed by atoms with Gasteiger partial charge in [0, 0.05) is 42.3 Å². The molecule has 0 amide bonds. The zero-order chi connectivity index (χ0) is 21.6. The van der Waals surface area contributed by atoms with Crippen LogP contribution in [-0.2, 0) is 4.74 Å². The van der Waals surface area contributed by atoms with E-state index in [1.165, 1.54) is 23.9 Å². The molecule has 1 saturated heterocycles. The largest absolute Gasteiger partial charge is 0.394 e. The first-order valence-electron chi connectivity index (χ1n) is 10.2. The molecule has 0 spiro atoms. The smallest absolute Gasteiger partial charge is 0.166 e. The molecule has 1 aliphatic rings. The number of H-pyrrole nitrogens is 1. The molecule has 1 aliphatic heterocycles. The normalized spacial score (nSPS) is 15.7. The van der Waals surface area contributed by atoms with Gasteiger partial charge in [-0.2, -0.15) is 0 Å². The second-order valence-electron chi connectivity index (χ2n) is 7.38. The zero-order valence-electron chi connectivity index (χ0n) is 16.9. The molecule has 4 N–H and O–H groups in total. The number of anilines is 1. The molecule has 4 rings (SSSR count). The minimum Gasteiger partial charge on any atom is -0.394 e. The van der Waals surface area contributed by atoms with Gasteiger partial charge in [0.25, 0.3) is 0 Å². The van der Waals surface area contributed by atoms with Crippen LogP contribution in [0.4, 0.5) is 10.2 Å². The summed E-state index contributed by atoms with van der Waals surface area (Å²) in [6.07, 6.45) is 2.78. The van der Waals surface area contributed by atoms with Crippen LogP contribution in [0.1, 0.15) is 12.8 Å². The molecule has 1 fully saturated rings. The zero-order valence-corrected chi connectivity index (χ0v) is 17.7. The first-order chi connectivity index (χ1) is 15.1. The number of imidazole rings is 1. The van der Waals surface area contributed by atoms with Crippen LogP contribution in [0.25, 0.3) is 22.5 Å². The van der Waals surface area contributed by atoms with Crippen molar-refractivity contribution in [3.8, 4) is 22.5 Å². The Labute approximate surface area is 184 Å². The third-order valence-corrected chi connectivity index (χ3v) is 6.06. The molecule has 7 nitrogen and oxygen atoms in total. The maximum Gasteiger partial charge on any atom is 0.166 e. The molecule has 1 aromatic carbocycles. The number of aromatic nitrogens is 3. The number of nitrogens with zero attached hydrogens (tertiary/aromatic N) is 2. The van der Waals surface area contributed by atoms with Crippen LogP contribution in [-0.4, -0.2) is 62.9 Å². The second-order valence-corrected chi connectivity index (χ2v) is 8.39. The van der Waals surface area contributed by atoms with Crippen molar-refractivity contribution in [2.24, 2.45) is 0 Å². The van der Waals surface area contributed by atoms with E-state index in [0.717, 1.165) is 48.7 Å². The molecule has 0 radical (unpaired) electrons. The van der Waals surface area contributed by atoms with Gasteiger partial charge < -0.3 is 25.3 Å². The Hall–Kier alpha value is -2.46. The SMILES string of the molecule is OCC(O)CSc1nc(-c2ccnc(NC3CCOCC3)c2)c(-c2ccc(F)cc2)[nH]1. The Kier molecular flexibility index (Phi) is 7.18. The first-order valence-corrected chi connectivity index (χ1v) is 11.2. The standard InChI is InChI=1S/C22H25FN4O3S/c23-16-3-1-14(2-4-16)20-21(27-22(26-20)31-13-18(29)12-28)15-5-8-24-19(11-15)25-17-6-9-30-10-7-17/h1-5,8,11,17-18,28-29H,6-7,9-10,12-13H2,(H,24,25)(H,26,27). The van der Waals surface area contributed by atoms with E-state index in [1.54, 1.807) is 18.3 Å². The van der Waals surface area contributed by atoms with Crippen molar-refractivity contribution < 1.29 is 19.3 Å². The van der Waals surface area contributed by atoms with Gasteiger partial charge in [0.15, 0.2) is 5.16 Å². The number of halogens is 1. The monoisotopic (exact) mass is 444 g/mol. The van der Waals surface area contributed by atoms with E-state index in [1.807, 2.05) is 12.1 Å². The number of aliphatic hydroxyl groups is 2. The highest BCUT2D eigenvalue weighted by Crippen LogP contribution is 2.34. The first kappa shape index (κ1) is 21.8. The third-order valence-electron chi connectivity index (χ3n) is 5.04. The van der Waals surface area contributed by atoms with Crippen LogP contribution < -0.4 is 5.32 Å². The molecule has 3 aromatic rings. The fourth-order valence-corrected chi connectivity index (χ4v) is 4.18. The van der Waals surface area contributed by atoms with E-state index in [4.69, 9.17) is 14.8 Å². The average molecular weight is 445 g/mol. The van der Waals surface area contributed by atoms with Crippen molar-refractivity contribution in [2.45, 2.75) is 30.1 Å². The molecule has 1 unspecified atom stereocenters. The summed E-state index contributed by atoms with van der Waals surface area (Å²) in [6, 6.07) is 10.4. The average Bonchev–Trinajstić information content (AvgIpc) is 3.23. The maximum absolute atomic E-state index is 13.4. The Balaban J connectivity index is 1.64. The molecule has 9 heteroatoms. The van der Waals surface area contributed by atoms with Gasteiger partial charge in [-0.25, -0.2) is 14.4 Å². The number of hydrogen-bond acceptors (Lipinski definition) is 7. The van der Waals surface area contributed by atoms with Crippen LogP contribution in [0.5, 0.6) is 0 Å². The number of hydrogen-bond donors (Lipinski definition) is 4. The van der Waals surface area contributed by atoms with E-state index >= 15 is 0 Å². The van der Waals surface area contributed by atoms with Gasteiger partial charge in [-0.05, 0) is 49.2 Å². The Bertz CT molecular complexity index is 993. The van der Waals surface area contributed by atoms with E-state index < -0.39 is 6.10 Å². The lowest BCUT2D eigenvalue weighted by atomic mass is 10.1. The van der Waals surface area contributed by atoms with Crippen LogP contribution in [0, 0.1) is 5.82 Å². The molecule has 2 aromatic heterocycles. The van der Waals surface area contributed by atoms with Crippen molar-refractivity contribution in [3.63, 3.8) is 0 Å². The molecular formula is C22H25FN4O3S. The molecule has 164 valence electrons. The van der Waals surface area contributed by atoms with Crippen molar-refractivity contribution in [3.05, 3.63) is 48.4 Å². The molecule has 3 heterocycles. The van der Waals surface area contributed by atoms with Crippen molar-refractivity contribution >= 4 is 17.6 Å². The topological polar surface area (TPSA) is 103 Å². The highest BCUT2D eigenvalue weighted by molar-refractivity contribution is 7.99. The lowest BCUT2D eigenvalue weighted by Crippen LogP contribution is -2.28. The van der Waals surface area contributed by atoms with Gasteiger partial charge in [-0.1, -0.05) is 11.8 Å². The number of benzene rings is 1. The number of aromatic amines is 1.